The highest BCUT2D eigenvalue weighted by Crippen LogP contribution is 2.49. The van der Waals surface area contributed by atoms with E-state index >= 15 is 0 Å². The first kappa shape index (κ1) is 51.8. The van der Waals surface area contributed by atoms with Crippen molar-refractivity contribution in [3.63, 3.8) is 0 Å². The summed E-state index contributed by atoms with van der Waals surface area (Å²) in [7, 11) is -8.60. The van der Waals surface area contributed by atoms with Gasteiger partial charge >= 0.3 is 5.97 Å². The SMILES string of the molecule is CC1(C)C(/C=C/C=C(/C=C/C=C2/N(CCCCSOOO)c3ccc(S(=O)(=O)O)cc3C2(C)C)c2cccc(CCCC(=O)O)c2)=[N+](CCCCS(=O)(=O)O)c2ccc(SOOO)cc21. The number of unbranched alkanes of at least 4 members (excludes halogenated alkanes) is 2. The number of fused-ring (bicyclic) bond motifs is 2. The Morgan fingerprint density at radius 2 is 1.62 bits per heavy atom. The zero-order valence-electron chi connectivity index (χ0n) is 36.5. The highest BCUT2D eigenvalue weighted by atomic mass is 32.2. The Bertz CT molecular complexity index is 2570. The molecule has 5 N–H and O–H groups in total. The van der Waals surface area contributed by atoms with Crippen molar-refractivity contribution >= 4 is 73.0 Å². The fraction of sp³-hybridized carbons (Fsp3) is 0.378. The third-order valence-corrected chi connectivity index (χ3v) is 14.2. The van der Waals surface area contributed by atoms with Crippen molar-refractivity contribution in [1.82, 2.24) is 0 Å². The number of aliphatic carboxylic acids is 1. The lowest BCUT2D eigenvalue weighted by Crippen LogP contribution is -2.28. The molecule has 0 atom stereocenters. The summed E-state index contributed by atoms with van der Waals surface area (Å²) in [6.45, 7) is 9.15. The number of anilines is 1. The van der Waals surface area contributed by atoms with E-state index < -0.39 is 37.0 Å². The first-order valence-electron chi connectivity index (χ1n) is 20.7. The summed E-state index contributed by atoms with van der Waals surface area (Å²) < 4.78 is 78.1. The van der Waals surface area contributed by atoms with Gasteiger partial charge in [0.1, 0.15) is 6.54 Å². The van der Waals surface area contributed by atoms with Gasteiger partial charge < -0.3 is 10.0 Å². The molecule has 0 bridgehead atoms. The average Bonchev–Trinajstić information content (AvgIpc) is 3.58. The smallest absolute Gasteiger partial charge is 0.303 e. The number of hydrogen-bond donors (Lipinski definition) is 5. The van der Waals surface area contributed by atoms with Crippen molar-refractivity contribution in [3.8, 4) is 0 Å². The molecule has 65 heavy (non-hydrogen) atoms. The van der Waals surface area contributed by atoms with Gasteiger partial charge in [0, 0.05) is 76.6 Å². The maximum absolute atomic E-state index is 12.2. The van der Waals surface area contributed by atoms with E-state index in [-0.39, 0.29) is 23.5 Å². The molecule has 0 saturated carbocycles. The number of aryl methyl sites for hydroxylation is 1. The summed E-state index contributed by atoms with van der Waals surface area (Å²) in [5.41, 5.74) is 6.63. The van der Waals surface area contributed by atoms with E-state index in [9.17, 15) is 35.8 Å². The third kappa shape index (κ3) is 13.9. The Morgan fingerprint density at radius 3 is 2.32 bits per heavy atom. The summed E-state index contributed by atoms with van der Waals surface area (Å²) in [5, 5.41) is 34.0. The number of allylic oxidation sites excluding steroid dienone is 8. The average molecular weight is 976 g/mol. The van der Waals surface area contributed by atoms with Crippen LogP contribution in [0.2, 0.25) is 0 Å². The van der Waals surface area contributed by atoms with Gasteiger partial charge in [-0.25, -0.2) is 10.5 Å². The molecule has 5 rings (SSSR count). The lowest BCUT2D eigenvalue weighted by atomic mass is 9.81. The maximum Gasteiger partial charge on any atom is 0.303 e. The van der Waals surface area contributed by atoms with Crippen LogP contribution in [0.3, 0.4) is 0 Å². The zero-order valence-corrected chi connectivity index (χ0v) is 39.7. The van der Waals surface area contributed by atoms with Crippen LogP contribution < -0.4 is 4.90 Å². The normalized spacial score (nSPS) is 16.6. The second-order valence-corrected chi connectivity index (χ2v) is 21.0. The zero-order chi connectivity index (χ0) is 47.4. The topological polar surface area (TPSA) is 230 Å². The second-order valence-electron chi connectivity index (χ2n) is 16.5. The van der Waals surface area contributed by atoms with Crippen molar-refractivity contribution in [2.75, 3.05) is 29.5 Å². The van der Waals surface area contributed by atoms with Crippen LogP contribution >= 0.6 is 24.1 Å². The van der Waals surface area contributed by atoms with E-state index in [0.717, 1.165) is 74.7 Å². The lowest BCUT2D eigenvalue weighted by molar-refractivity contribution is -0.438. The predicted octanol–water partition coefficient (Wildman–Crippen LogP) is 9.54. The Morgan fingerprint density at radius 1 is 0.846 bits per heavy atom. The summed E-state index contributed by atoms with van der Waals surface area (Å²) in [6, 6.07) is 18.2. The van der Waals surface area contributed by atoms with Gasteiger partial charge in [-0.2, -0.15) is 21.4 Å². The van der Waals surface area contributed by atoms with Crippen molar-refractivity contribution in [2.45, 2.75) is 93.3 Å². The van der Waals surface area contributed by atoms with Crippen LogP contribution in [-0.2, 0) is 61.0 Å². The Balaban J connectivity index is 1.57. The van der Waals surface area contributed by atoms with Gasteiger partial charge in [0.15, 0.2) is 5.71 Å². The van der Waals surface area contributed by atoms with Crippen molar-refractivity contribution < 1.29 is 69.7 Å². The fourth-order valence-electron chi connectivity index (χ4n) is 8.18. The third-order valence-electron chi connectivity index (χ3n) is 11.3. The van der Waals surface area contributed by atoms with Crippen LogP contribution in [0.5, 0.6) is 0 Å². The number of nitrogens with zero attached hydrogens (tertiary/aromatic N) is 2. The van der Waals surface area contributed by atoms with Crippen LogP contribution in [0.15, 0.2) is 113 Å². The minimum absolute atomic E-state index is 0.0404. The van der Waals surface area contributed by atoms with E-state index in [1.165, 1.54) is 12.1 Å². The van der Waals surface area contributed by atoms with Gasteiger partial charge in [-0.15, -0.1) is 8.67 Å². The maximum atomic E-state index is 12.2. The van der Waals surface area contributed by atoms with Gasteiger partial charge in [-0.3, -0.25) is 13.9 Å². The summed E-state index contributed by atoms with van der Waals surface area (Å²) in [6.07, 6.45) is 15.0. The largest absolute Gasteiger partial charge is 0.481 e. The van der Waals surface area contributed by atoms with Crippen LogP contribution in [0.25, 0.3) is 5.57 Å². The van der Waals surface area contributed by atoms with E-state index in [4.69, 9.17) is 14.8 Å². The molecule has 0 spiro atoms. The standard InChI is InChI=1S/C45H54N2O14S4/c1-44(2)37-30-35(63-61-59-51)21-23-39(37)47(26-6-8-28-64(52,53)54)41(44)18-11-15-33(34-17-9-13-32(29-34)14-10-20-43(48)49)16-12-19-42-45(3,4)38-31-36(65(55,56)57)22-24-40(38)46(42)25-5-7-27-62-60-58-50/h9,11-13,15-19,21-24,29-31H,5-8,10,14,20,25-28H2,1-4H3,(H4-,48,49,50,51,52,53,54,55,56,57)/p+1. The molecular weight excluding hydrogens is 921 g/mol. The van der Waals surface area contributed by atoms with E-state index in [1.54, 1.807) is 6.07 Å². The number of carboxylic acids is 1. The van der Waals surface area contributed by atoms with Crippen LogP contribution in [0.1, 0.15) is 88.5 Å². The monoisotopic (exact) mass is 975 g/mol. The molecule has 2 aliphatic rings. The molecule has 0 amide bonds. The number of carbonyl (C=O) groups is 1. The number of rotatable bonds is 25. The fourth-order valence-corrected chi connectivity index (χ4v) is 10.1. The summed E-state index contributed by atoms with van der Waals surface area (Å²) >= 11 is 1.81. The Hall–Kier alpha value is -4.16. The molecule has 0 radical (unpaired) electrons. The molecule has 0 saturated heterocycles. The first-order chi connectivity index (χ1) is 30.8. The molecule has 0 fully saturated rings. The molecule has 2 heterocycles. The molecule has 352 valence electrons. The van der Waals surface area contributed by atoms with Crippen molar-refractivity contribution in [3.05, 3.63) is 125 Å². The highest BCUT2D eigenvalue weighted by molar-refractivity contribution is 7.94. The number of benzene rings is 3. The van der Waals surface area contributed by atoms with Gasteiger partial charge in [0.25, 0.3) is 20.2 Å². The molecule has 20 heteroatoms. The van der Waals surface area contributed by atoms with Gasteiger partial charge in [0.05, 0.1) is 28.1 Å². The Kier molecular flexibility index (Phi) is 18.4. The minimum Gasteiger partial charge on any atom is -0.481 e. The summed E-state index contributed by atoms with van der Waals surface area (Å²) in [4.78, 5) is 13.9. The summed E-state index contributed by atoms with van der Waals surface area (Å²) in [5.74, 6) is -0.675. The van der Waals surface area contributed by atoms with E-state index in [1.807, 2.05) is 92.8 Å². The van der Waals surface area contributed by atoms with Gasteiger partial charge in [-0.05, 0) is 105 Å². The molecular formula is C45H55N2O14S4+. The van der Waals surface area contributed by atoms with Crippen LogP contribution in [0.4, 0.5) is 11.4 Å². The molecule has 3 aromatic carbocycles. The van der Waals surface area contributed by atoms with Crippen molar-refractivity contribution in [2.24, 2.45) is 0 Å². The van der Waals surface area contributed by atoms with Crippen LogP contribution in [0, 0.1) is 0 Å². The van der Waals surface area contributed by atoms with E-state index in [0.29, 0.717) is 55.8 Å². The van der Waals surface area contributed by atoms with E-state index in [2.05, 4.69) is 37.7 Å². The molecule has 0 aliphatic carbocycles. The Labute approximate surface area is 388 Å². The first-order valence-corrected chi connectivity index (χ1v) is 25.4. The van der Waals surface area contributed by atoms with Crippen molar-refractivity contribution in [1.29, 1.82) is 0 Å². The second kappa shape index (κ2) is 23.0. The number of carboxylic acid groups (broad SMARTS) is 1. The molecule has 0 aromatic heterocycles. The molecule has 16 nitrogen and oxygen atoms in total. The minimum atomic E-state index is -4.47. The molecule has 0 unspecified atom stereocenters. The number of hydrogen-bond acceptors (Lipinski definition) is 14. The van der Waals surface area contributed by atoms with Gasteiger partial charge in [0.2, 0.25) is 5.69 Å². The van der Waals surface area contributed by atoms with Gasteiger partial charge in [-0.1, -0.05) is 72.5 Å². The molecule has 3 aromatic rings. The van der Waals surface area contributed by atoms with Crippen LogP contribution in [-0.4, -0.2) is 82.4 Å². The lowest BCUT2D eigenvalue weighted by Gasteiger charge is -2.27. The quantitative estimate of drug-likeness (QED) is 0.0101. The predicted molar refractivity (Wildman–Crippen MR) is 250 cm³/mol. The molecule has 2 aliphatic heterocycles. The highest BCUT2D eigenvalue weighted by Gasteiger charge is 2.44.